The van der Waals surface area contributed by atoms with E-state index >= 15 is 0 Å². The maximum absolute atomic E-state index is 8.49. The molecule has 1 aromatic carbocycles. The molecule has 3 rings (SSSR count). The van der Waals surface area contributed by atoms with Crippen molar-refractivity contribution in [2.45, 2.75) is 60.8 Å². The minimum atomic E-state index is -4.94. The summed E-state index contributed by atoms with van der Waals surface area (Å²) in [6, 6.07) is 8.73. The van der Waals surface area contributed by atoms with Gasteiger partial charge < -0.3 is 0 Å². The number of hydrogen-bond donors (Lipinski definition) is 0. The van der Waals surface area contributed by atoms with Crippen LogP contribution in [0.4, 0.5) is 5.69 Å². The van der Waals surface area contributed by atoms with Gasteiger partial charge in [0.05, 0.1) is 5.41 Å². The number of halogens is 1. The fourth-order valence-corrected chi connectivity index (χ4v) is 5.02. The molecule has 0 saturated carbocycles. The van der Waals surface area contributed by atoms with Crippen LogP contribution in [0.5, 0.6) is 0 Å². The lowest BCUT2D eigenvalue weighted by atomic mass is 9.81. The minimum absolute atomic E-state index is 0.0168. The van der Waals surface area contributed by atoms with E-state index in [-0.39, 0.29) is 16.2 Å². The molecule has 1 aromatic rings. The lowest BCUT2D eigenvalue weighted by Crippen LogP contribution is -2.68. The Morgan fingerprint density at radius 1 is 0.912 bits per heavy atom. The third-order valence-corrected chi connectivity index (χ3v) is 7.31. The van der Waals surface area contributed by atoms with E-state index in [0.717, 1.165) is 0 Å². The molecule has 0 saturated heterocycles. The first-order valence-electron chi connectivity index (χ1n) is 11.1. The summed E-state index contributed by atoms with van der Waals surface area (Å²) in [6.07, 6.45) is 11.5. The van der Waals surface area contributed by atoms with Gasteiger partial charge in [0.2, 0.25) is 5.69 Å². The van der Waals surface area contributed by atoms with Gasteiger partial charge in [0.15, 0.2) is 5.71 Å². The number of nitrogens with zero attached hydrogens (tertiary/aromatic N) is 1. The molecule has 5 nitrogen and oxygen atoms in total. The molecule has 0 spiro atoms. The number of fused-ring (bicyclic) bond motifs is 1. The standard InChI is InChI=1S/C27H36NS.ClHO4/c1-25(2,3)19-17-20(29-24(18-19)26(4,5)6)13-12-16-23-27(7,8)21-14-10-11-15-22(21)28(23)9;2-1(3,4)5/h10-18H,1-9H3;(H,2,3,4,5)/q+1;/p-1/b16-12+,20-13+;. The largest absolute Gasteiger partial charge is 0.222 e. The van der Waals surface area contributed by atoms with Gasteiger partial charge in [-0.3, -0.25) is 0 Å². The van der Waals surface area contributed by atoms with Gasteiger partial charge in [-0.15, -0.1) is 10.2 Å². The molecular formula is C27H36ClNO4S. The van der Waals surface area contributed by atoms with Crippen molar-refractivity contribution in [1.82, 2.24) is 0 Å². The number of para-hydroxylation sites is 1. The van der Waals surface area contributed by atoms with Crippen molar-refractivity contribution in [3.63, 3.8) is 0 Å². The highest BCUT2D eigenvalue weighted by atomic mass is 35.7. The third-order valence-electron chi connectivity index (χ3n) is 5.87. The predicted molar refractivity (Wildman–Crippen MR) is 130 cm³/mol. The Bertz CT molecular complexity index is 1070. The second kappa shape index (κ2) is 10.1. The summed E-state index contributed by atoms with van der Waals surface area (Å²) < 4.78 is 36.3. The van der Waals surface area contributed by atoms with Crippen molar-refractivity contribution in [3.8, 4) is 0 Å². The van der Waals surface area contributed by atoms with Gasteiger partial charge in [0.25, 0.3) is 0 Å². The SMILES string of the molecule is C[N+]1=C(/C=C/C=C2\C=C(C(C)(C)C)C=C(C(C)(C)C)S2)C(C)(C)c2ccccc21.[O-][Cl+3]([O-])([O-])[O-]. The Labute approximate surface area is 210 Å². The summed E-state index contributed by atoms with van der Waals surface area (Å²) in [6.45, 7) is 18.4. The van der Waals surface area contributed by atoms with Gasteiger partial charge >= 0.3 is 0 Å². The highest BCUT2D eigenvalue weighted by Crippen LogP contribution is 2.46. The number of hydrogen-bond acceptors (Lipinski definition) is 5. The second-order valence-electron chi connectivity index (χ2n) is 11.1. The van der Waals surface area contributed by atoms with Gasteiger partial charge in [-0.1, -0.05) is 77.6 Å². The van der Waals surface area contributed by atoms with E-state index in [2.05, 4.69) is 122 Å². The molecule has 7 heteroatoms. The first-order valence-corrected chi connectivity index (χ1v) is 13.2. The van der Waals surface area contributed by atoms with Crippen molar-refractivity contribution >= 4 is 23.2 Å². The molecular weight excluding hydrogens is 470 g/mol. The molecule has 0 aromatic heterocycles. The summed E-state index contributed by atoms with van der Waals surface area (Å²) in [4.78, 5) is 2.75. The predicted octanol–water partition coefficient (Wildman–Crippen LogP) is 3.03. The smallest absolute Gasteiger partial charge is 0.209 e. The summed E-state index contributed by atoms with van der Waals surface area (Å²) in [5, 5.41) is 0. The minimum Gasteiger partial charge on any atom is -0.222 e. The van der Waals surface area contributed by atoms with Crippen LogP contribution in [0.3, 0.4) is 0 Å². The number of allylic oxidation sites excluding steroid dienone is 7. The number of thioether (sulfide) groups is 1. The Hall–Kier alpha value is -1.67. The lowest BCUT2D eigenvalue weighted by molar-refractivity contribution is -2.00. The van der Waals surface area contributed by atoms with Crippen LogP contribution in [0.25, 0.3) is 0 Å². The van der Waals surface area contributed by atoms with E-state index in [4.69, 9.17) is 18.6 Å². The quantitative estimate of drug-likeness (QED) is 0.576. The summed E-state index contributed by atoms with van der Waals surface area (Å²) in [5.74, 6) is 0. The molecule has 186 valence electrons. The maximum Gasteiger partial charge on any atom is 0.209 e. The summed E-state index contributed by atoms with van der Waals surface area (Å²) >= 11 is 1.90. The van der Waals surface area contributed by atoms with Crippen LogP contribution in [0.2, 0.25) is 0 Å². The highest BCUT2D eigenvalue weighted by Gasteiger charge is 2.42. The van der Waals surface area contributed by atoms with Crippen LogP contribution in [0, 0.1) is 21.1 Å². The van der Waals surface area contributed by atoms with Crippen LogP contribution in [0.1, 0.15) is 61.0 Å². The zero-order chi connectivity index (χ0) is 26.1. The van der Waals surface area contributed by atoms with Crippen LogP contribution in [-0.2, 0) is 5.41 Å². The molecule has 2 aliphatic heterocycles. The van der Waals surface area contributed by atoms with Gasteiger partial charge in [-0.25, -0.2) is 18.6 Å². The molecule has 0 fully saturated rings. The van der Waals surface area contributed by atoms with Crippen LogP contribution in [-0.4, -0.2) is 17.3 Å². The van der Waals surface area contributed by atoms with Gasteiger partial charge in [-0.05, 0) is 53.4 Å². The van der Waals surface area contributed by atoms with Crippen LogP contribution >= 0.6 is 11.8 Å². The van der Waals surface area contributed by atoms with Gasteiger partial charge in [0.1, 0.15) is 7.05 Å². The first-order chi connectivity index (χ1) is 15.3. The summed E-state index contributed by atoms with van der Waals surface area (Å²) in [7, 11) is -2.77. The molecule has 0 amide bonds. The molecule has 0 N–H and O–H groups in total. The topological polar surface area (TPSA) is 95.2 Å². The van der Waals surface area contributed by atoms with Gasteiger partial charge in [-0.2, -0.15) is 4.58 Å². The molecule has 0 atom stereocenters. The van der Waals surface area contributed by atoms with Crippen molar-refractivity contribution in [3.05, 3.63) is 75.6 Å². The van der Waals surface area contributed by atoms with E-state index in [1.165, 1.54) is 32.3 Å². The molecule has 2 aliphatic rings. The fraction of sp³-hybridized carbons (Fsp3) is 0.444. The van der Waals surface area contributed by atoms with Crippen molar-refractivity contribution in [2.75, 3.05) is 7.05 Å². The lowest BCUT2D eigenvalue weighted by Gasteiger charge is -2.30. The van der Waals surface area contributed by atoms with E-state index in [1.54, 1.807) is 0 Å². The normalized spacial score (nSPS) is 19.6. The molecule has 0 unspecified atom stereocenters. The number of benzene rings is 1. The second-order valence-corrected chi connectivity index (χ2v) is 13.0. The van der Waals surface area contributed by atoms with Gasteiger partial charge in [0, 0.05) is 22.6 Å². The van der Waals surface area contributed by atoms with Crippen molar-refractivity contribution in [2.24, 2.45) is 10.8 Å². The van der Waals surface area contributed by atoms with E-state index in [0.29, 0.717) is 0 Å². The van der Waals surface area contributed by atoms with Crippen molar-refractivity contribution in [1.29, 1.82) is 0 Å². The fourth-order valence-electron chi connectivity index (χ4n) is 3.94. The van der Waals surface area contributed by atoms with E-state index in [9.17, 15) is 0 Å². The molecule has 0 bridgehead atoms. The molecule has 34 heavy (non-hydrogen) atoms. The Kier molecular flexibility index (Phi) is 8.51. The highest BCUT2D eigenvalue weighted by molar-refractivity contribution is 8.07. The molecule has 0 radical (unpaired) electrons. The van der Waals surface area contributed by atoms with Crippen molar-refractivity contribution < 1.29 is 33.5 Å². The van der Waals surface area contributed by atoms with E-state index in [1.807, 2.05) is 11.8 Å². The van der Waals surface area contributed by atoms with E-state index < -0.39 is 10.2 Å². The third kappa shape index (κ3) is 7.41. The zero-order valence-corrected chi connectivity index (χ0v) is 23.1. The molecule has 2 heterocycles. The Balaban J connectivity index is 0.000000739. The van der Waals surface area contributed by atoms with Crippen LogP contribution in [0.15, 0.2) is 70.0 Å². The number of rotatable bonds is 2. The Morgan fingerprint density at radius 2 is 1.47 bits per heavy atom. The summed E-state index contributed by atoms with van der Waals surface area (Å²) in [5.41, 5.74) is 5.76. The monoisotopic (exact) mass is 505 g/mol. The average Bonchev–Trinajstić information content (AvgIpc) is 2.86. The first kappa shape index (κ1) is 28.6. The Morgan fingerprint density at radius 3 is 1.97 bits per heavy atom. The maximum atomic E-state index is 8.49. The average molecular weight is 506 g/mol. The zero-order valence-electron chi connectivity index (χ0n) is 21.6. The molecule has 0 aliphatic carbocycles. The van der Waals surface area contributed by atoms with Crippen LogP contribution < -0.4 is 18.6 Å².